The molecule has 1 aliphatic rings. The Balaban J connectivity index is 1.76. The van der Waals surface area contributed by atoms with Gasteiger partial charge in [0.05, 0.1) is 11.3 Å². The van der Waals surface area contributed by atoms with Crippen molar-refractivity contribution in [3.8, 4) is 0 Å². The summed E-state index contributed by atoms with van der Waals surface area (Å²) in [6.45, 7) is 5.46. The average molecular weight is 440 g/mol. The van der Waals surface area contributed by atoms with Gasteiger partial charge in [-0.25, -0.2) is 4.90 Å². The number of hydrogen-bond donors (Lipinski definition) is 2. The highest BCUT2D eigenvalue weighted by Crippen LogP contribution is 2.34. The Morgan fingerprint density at radius 1 is 0.818 bits per heavy atom. The number of amides is 3. The third-order valence-electron chi connectivity index (χ3n) is 5.50. The van der Waals surface area contributed by atoms with E-state index >= 15 is 0 Å². The first-order valence-corrected chi connectivity index (χ1v) is 10.8. The fraction of sp³-hybridized carbons (Fsp3) is 0.148. The second-order valence-electron chi connectivity index (χ2n) is 7.97. The number of nitrogens with one attached hydrogen (secondary N) is 2. The molecule has 0 saturated carbocycles. The third-order valence-corrected chi connectivity index (χ3v) is 5.50. The van der Waals surface area contributed by atoms with Crippen LogP contribution in [-0.4, -0.2) is 17.7 Å². The van der Waals surface area contributed by atoms with E-state index in [0.29, 0.717) is 16.9 Å². The Bertz CT molecular complexity index is 1240. The molecule has 166 valence electrons. The topological polar surface area (TPSA) is 78.5 Å². The number of aryl methyl sites for hydroxylation is 2. The summed E-state index contributed by atoms with van der Waals surface area (Å²) in [6.07, 6.45) is 0.910. The molecule has 1 aliphatic heterocycles. The summed E-state index contributed by atoms with van der Waals surface area (Å²) in [5.41, 5.74) is 5.16. The molecule has 1 heterocycles. The van der Waals surface area contributed by atoms with Gasteiger partial charge in [0.1, 0.15) is 5.70 Å². The number of benzene rings is 3. The van der Waals surface area contributed by atoms with Crippen LogP contribution >= 0.6 is 0 Å². The predicted molar refractivity (Wildman–Crippen MR) is 131 cm³/mol. The van der Waals surface area contributed by atoms with Crippen LogP contribution in [0.4, 0.5) is 17.1 Å². The Kier molecular flexibility index (Phi) is 6.09. The molecule has 3 aromatic carbocycles. The van der Waals surface area contributed by atoms with Gasteiger partial charge in [-0.05, 0) is 60.9 Å². The summed E-state index contributed by atoms with van der Waals surface area (Å²) in [7, 11) is 0. The molecule has 0 aromatic heterocycles. The molecular weight excluding hydrogens is 414 g/mol. The van der Waals surface area contributed by atoms with Crippen LogP contribution in [0.3, 0.4) is 0 Å². The van der Waals surface area contributed by atoms with E-state index in [4.69, 9.17) is 0 Å². The molecule has 3 aromatic rings. The van der Waals surface area contributed by atoms with Gasteiger partial charge in [0.15, 0.2) is 0 Å². The van der Waals surface area contributed by atoms with E-state index in [1.165, 1.54) is 17.4 Å². The number of nitrogens with zero attached hydrogens (tertiary/aromatic N) is 1. The normalized spacial score (nSPS) is 13.5. The second kappa shape index (κ2) is 9.12. The van der Waals surface area contributed by atoms with Gasteiger partial charge in [0.2, 0.25) is 5.91 Å². The van der Waals surface area contributed by atoms with Crippen molar-refractivity contribution in [2.24, 2.45) is 0 Å². The zero-order valence-electron chi connectivity index (χ0n) is 18.8. The quantitative estimate of drug-likeness (QED) is 0.535. The summed E-state index contributed by atoms with van der Waals surface area (Å²) >= 11 is 0. The summed E-state index contributed by atoms with van der Waals surface area (Å²) in [5.74, 6) is -0.995. The van der Waals surface area contributed by atoms with Crippen LogP contribution in [0.5, 0.6) is 0 Å². The summed E-state index contributed by atoms with van der Waals surface area (Å²) < 4.78 is 0. The Labute approximate surface area is 192 Å². The van der Waals surface area contributed by atoms with Crippen LogP contribution in [0, 0.1) is 6.92 Å². The Hall–Kier alpha value is -4.19. The molecule has 0 aliphatic carbocycles. The van der Waals surface area contributed by atoms with Gasteiger partial charge < -0.3 is 10.6 Å². The monoisotopic (exact) mass is 439 g/mol. The van der Waals surface area contributed by atoms with Crippen molar-refractivity contribution < 1.29 is 14.4 Å². The molecular formula is C27H25N3O3. The van der Waals surface area contributed by atoms with Crippen LogP contribution in [-0.2, 0) is 20.8 Å². The van der Waals surface area contributed by atoms with Crippen LogP contribution in [0.15, 0.2) is 78.5 Å². The number of imide groups is 1. The molecule has 33 heavy (non-hydrogen) atoms. The summed E-state index contributed by atoms with van der Waals surface area (Å²) in [5, 5.41) is 5.89. The zero-order chi connectivity index (χ0) is 23.5. The average Bonchev–Trinajstić information content (AvgIpc) is 3.04. The zero-order valence-corrected chi connectivity index (χ0v) is 18.8. The molecule has 0 fully saturated rings. The first-order chi connectivity index (χ1) is 15.9. The molecule has 0 spiro atoms. The first-order valence-electron chi connectivity index (χ1n) is 10.8. The highest BCUT2D eigenvalue weighted by molar-refractivity contribution is 6.46. The lowest BCUT2D eigenvalue weighted by Gasteiger charge is -2.15. The molecule has 0 saturated heterocycles. The smallest absolute Gasteiger partial charge is 0.282 e. The number of hydrogen-bond acceptors (Lipinski definition) is 4. The summed E-state index contributed by atoms with van der Waals surface area (Å²) in [6, 6.07) is 21.9. The minimum atomic E-state index is -0.413. The van der Waals surface area contributed by atoms with E-state index in [0.717, 1.165) is 17.7 Å². The lowest BCUT2D eigenvalue weighted by Crippen LogP contribution is -2.32. The molecule has 6 nitrogen and oxygen atoms in total. The van der Waals surface area contributed by atoms with Crippen molar-refractivity contribution in [3.63, 3.8) is 0 Å². The third kappa shape index (κ3) is 4.55. The molecule has 2 N–H and O–H groups in total. The van der Waals surface area contributed by atoms with Crippen LogP contribution in [0.25, 0.3) is 5.57 Å². The van der Waals surface area contributed by atoms with Crippen molar-refractivity contribution >= 4 is 40.4 Å². The minimum Gasteiger partial charge on any atom is -0.350 e. The van der Waals surface area contributed by atoms with E-state index in [2.05, 4.69) is 17.6 Å². The molecule has 6 heteroatoms. The van der Waals surface area contributed by atoms with E-state index in [1.54, 1.807) is 36.4 Å². The highest BCUT2D eigenvalue weighted by atomic mass is 16.2. The largest absolute Gasteiger partial charge is 0.350 e. The number of rotatable bonds is 6. The van der Waals surface area contributed by atoms with Crippen LogP contribution in [0.2, 0.25) is 0 Å². The fourth-order valence-corrected chi connectivity index (χ4v) is 3.73. The number of anilines is 3. The van der Waals surface area contributed by atoms with Crippen molar-refractivity contribution in [2.75, 3.05) is 15.5 Å². The SMILES string of the molecule is CCc1ccc(NC2=C(c3ccc(NC(C)=O)cc3)C(=O)N(c3ccc(C)cc3)C2=O)cc1. The second-order valence-corrected chi connectivity index (χ2v) is 7.97. The van der Waals surface area contributed by atoms with Gasteiger partial charge in [-0.15, -0.1) is 0 Å². The van der Waals surface area contributed by atoms with Gasteiger partial charge in [-0.1, -0.05) is 48.9 Å². The molecule has 3 amide bonds. The van der Waals surface area contributed by atoms with Crippen molar-refractivity contribution in [1.29, 1.82) is 0 Å². The Morgan fingerprint density at radius 2 is 1.42 bits per heavy atom. The molecule has 0 atom stereocenters. The minimum absolute atomic E-state index is 0.183. The highest BCUT2D eigenvalue weighted by Gasteiger charge is 2.40. The maximum Gasteiger partial charge on any atom is 0.282 e. The van der Waals surface area contributed by atoms with Gasteiger partial charge in [-0.2, -0.15) is 0 Å². The van der Waals surface area contributed by atoms with Gasteiger partial charge >= 0.3 is 0 Å². The van der Waals surface area contributed by atoms with Gasteiger partial charge in [0, 0.05) is 18.3 Å². The predicted octanol–water partition coefficient (Wildman–Crippen LogP) is 4.91. The van der Waals surface area contributed by atoms with E-state index < -0.39 is 11.8 Å². The molecule has 0 bridgehead atoms. The molecule has 0 radical (unpaired) electrons. The van der Waals surface area contributed by atoms with E-state index in [1.807, 2.05) is 43.3 Å². The number of carbonyl (C=O) groups is 3. The molecule has 4 rings (SSSR count). The van der Waals surface area contributed by atoms with E-state index in [-0.39, 0.29) is 17.2 Å². The van der Waals surface area contributed by atoms with Crippen LogP contribution < -0.4 is 15.5 Å². The van der Waals surface area contributed by atoms with E-state index in [9.17, 15) is 14.4 Å². The fourth-order valence-electron chi connectivity index (χ4n) is 3.73. The maximum atomic E-state index is 13.5. The number of carbonyl (C=O) groups excluding carboxylic acids is 3. The van der Waals surface area contributed by atoms with Crippen LogP contribution in [0.1, 0.15) is 30.5 Å². The van der Waals surface area contributed by atoms with Crippen molar-refractivity contribution in [3.05, 3.63) is 95.2 Å². The molecule has 0 unspecified atom stereocenters. The van der Waals surface area contributed by atoms with Crippen molar-refractivity contribution in [2.45, 2.75) is 27.2 Å². The lowest BCUT2D eigenvalue weighted by atomic mass is 10.0. The summed E-state index contributed by atoms with van der Waals surface area (Å²) in [4.78, 5) is 39.5. The maximum absolute atomic E-state index is 13.5. The first kappa shape index (κ1) is 22.0. The van der Waals surface area contributed by atoms with Gasteiger partial charge in [0.25, 0.3) is 11.8 Å². The van der Waals surface area contributed by atoms with Crippen molar-refractivity contribution in [1.82, 2.24) is 0 Å². The lowest BCUT2D eigenvalue weighted by molar-refractivity contribution is -0.120. The standard InChI is InChI=1S/C27H25N3O3/c1-4-19-7-11-22(12-8-19)29-25-24(20-9-13-21(14-10-20)28-18(3)31)26(32)30(27(25)33)23-15-5-17(2)6-16-23/h5-16,29H,4H2,1-3H3,(H,28,31). The Morgan fingerprint density at radius 3 is 2.00 bits per heavy atom. The van der Waals surface area contributed by atoms with Gasteiger partial charge in [-0.3, -0.25) is 14.4 Å².